The highest BCUT2D eigenvalue weighted by Gasteiger charge is 2.24. The predicted molar refractivity (Wildman–Crippen MR) is 82.5 cm³/mol. The van der Waals surface area contributed by atoms with Crippen LogP contribution in [0.15, 0.2) is 18.2 Å². The van der Waals surface area contributed by atoms with E-state index in [9.17, 15) is 9.59 Å². The Morgan fingerprint density at radius 2 is 1.77 bits per heavy atom. The van der Waals surface area contributed by atoms with Gasteiger partial charge >= 0.3 is 6.09 Å². The Hall–Kier alpha value is -1.66. The van der Waals surface area contributed by atoms with Crippen LogP contribution in [0, 0.1) is 0 Å². The van der Waals surface area contributed by atoms with E-state index < -0.39 is 0 Å². The minimum Gasteiger partial charge on any atom is -0.482 e. The third-order valence-electron chi connectivity index (χ3n) is 3.31. The molecule has 8 heteroatoms. The van der Waals surface area contributed by atoms with Crippen LogP contribution in [0.5, 0.6) is 5.75 Å². The topological polar surface area (TPSA) is 59.1 Å². The summed E-state index contributed by atoms with van der Waals surface area (Å²) in [5, 5.41) is 0.860. The number of nitrogens with zero attached hydrogens (tertiary/aromatic N) is 2. The molecule has 0 bridgehead atoms. The minimum atomic E-state index is -0.378. The molecule has 0 radical (unpaired) electrons. The Bertz CT molecular complexity index is 560. The molecule has 1 aliphatic rings. The molecule has 0 saturated carbocycles. The largest absolute Gasteiger partial charge is 0.482 e. The van der Waals surface area contributed by atoms with E-state index in [-0.39, 0.29) is 18.6 Å². The summed E-state index contributed by atoms with van der Waals surface area (Å²) in [5.74, 6) is 0.253. The van der Waals surface area contributed by atoms with Gasteiger partial charge < -0.3 is 19.3 Å². The van der Waals surface area contributed by atoms with E-state index in [0.29, 0.717) is 42.0 Å². The third-order valence-corrected chi connectivity index (χ3v) is 3.84. The first-order chi connectivity index (χ1) is 10.5. The van der Waals surface area contributed by atoms with Gasteiger partial charge in [-0.15, -0.1) is 0 Å². The molecule has 0 spiro atoms. The number of methoxy groups -OCH3 is 1. The van der Waals surface area contributed by atoms with Crippen molar-refractivity contribution in [2.75, 3.05) is 39.9 Å². The lowest BCUT2D eigenvalue weighted by molar-refractivity contribution is -0.134. The molecule has 0 aromatic heterocycles. The zero-order valence-electron chi connectivity index (χ0n) is 12.1. The maximum atomic E-state index is 12.1. The van der Waals surface area contributed by atoms with Gasteiger partial charge in [-0.1, -0.05) is 23.2 Å². The number of hydrogen-bond acceptors (Lipinski definition) is 4. The summed E-state index contributed by atoms with van der Waals surface area (Å²) in [5.41, 5.74) is 0. The van der Waals surface area contributed by atoms with Crippen molar-refractivity contribution in [3.05, 3.63) is 28.2 Å². The Labute approximate surface area is 138 Å². The van der Waals surface area contributed by atoms with E-state index in [4.69, 9.17) is 27.9 Å². The number of carbonyl (C=O) groups excluding carboxylic acids is 2. The fourth-order valence-corrected chi connectivity index (χ4v) is 2.55. The van der Waals surface area contributed by atoms with Crippen LogP contribution in [0.1, 0.15) is 0 Å². The van der Waals surface area contributed by atoms with Gasteiger partial charge in [0.25, 0.3) is 5.91 Å². The van der Waals surface area contributed by atoms with E-state index in [0.717, 1.165) is 0 Å². The molecule has 22 heavy (non-hydrogen) atoms. The molecule has 120 valence electrons. The molecule has 1 aliphatic heterocycles. The first kappa shape index (κ1) is 16.7. The number of piperazine rings is 1. The van der Waals surface area contributed by atoms with Crippen LogP contribution in [0.3, 0.4) is 0 Å². The highest BCUT2D eigenvalue weighted by molar-refractivity contribution is 6.35. The Morgan fingerprint density at radius 1 is 1.14 bits per heavy atom. The number of amides is 2. The molecule has 0 N–H and O–H groups in total. The van der Waals surface area contributed by atoms with Gasteiger partial charge in [0, 0.05) is 31.2 Å². The summed E-state index contributed by atoms with van der Waals surface area (Å²) in [4.78, 5) is 26.7. The zero-order chi connectivity index (χ0) is 16.1. The monoisotopic (exact) mass is 346 g/mol. The fraction of sp³-hybridized carbons (Fsp3) is 0.429. The number of hydrogen-bond donors (Lipinski definition) is 0. The molecular weight excluding hydrogens is 331 g/mol. The summed E-state index contributed by atoms with van der Waals surface area (Å²) in [6.45, 7) is 1.68. The first-order valence-electron chi connectivity index (χ1n) is 6.70. The second kappa shape index (κ2) is 7.56. The van der Waals surface area contributed by atoms with Gasteiger partial charge in [0.1, 0.15) is 5.75 Å². The maximum absolute atomic E-state index is 12.1. The van der Waals surface area contributed by atoms with Crippen LogP contribution in [0.2, 0.25) is 10.0 Å². The van der Waals surface area contributed by atoms with Gasteiger partial charge in [-0.3, -0.25) is 4.79 Å². The molecular formula is C14H16Cl2N2O4. The molecule has 0 atom stereocenters. The molecule has 0 aliphatic carbocycles. The van der Waals surface area contributed by atoms with Crippen molar-refractivity contribution in [2.45, 2.75) is 0 Å². The van der Waals surface area contributed by atoms with Gasteiger partial charge in [-0.25, -0.2) is 4.79 Å². The predicted octanol–water partition coefficient (Wildman–Crippen LogP) is 2.28. The Kier molecular flexibility index (Phi) is 5.74. The van der Waals surface area contributed by atoms with Crippen LogP contribution in [-0.2, 0) is 9.53 Å². The lowest BCUT2D eigenvalue weighted by Gasteiger charge is -2.33. The van der Waals surface area contributed by atoms with E-state index in [1.54, 1.807) is 28.0 Å². The molecule has 0 unspecified atom stereocenters. The molecule has 1 aromatic rings. The quantitative estimate of drug-likeness (QED) is 0.842. The molecule has 2 amide bonds. The average Bonchev–Trinajstić information content (AvgIpc) is 2.53. The minimum absolute atomic E-state index is 0.112. The van der Waals surface area contributed by atoms with Gasteiger partial charge in [-0.05, 0) is 18.2 Å². The first-order valence-corrected chi connectivity index (χ1v) is 7.45. The molecule has 1 fully saturated rings. The summed E-state index contributed by atoms with van der Waals surface area (Å²) in [6, 6.07) is 4.81. The standard InChI is InChI=1S/C14H16Cl2N2O4/c1-21-14(20)18-6-4-17(5-7-18)13(19)9-22-12-3-2-10(15)8-11(12)16/h2-3,8H,4-7,9H2,1H3. The van der Waals surface area contributed by atoms with Gasteiger partial charge in [0.2, 0.25) is 0 Å². The number of rotatable bonds is 3. The highest BCUT2D eigenvalue weighted by Crippen LogP contribution is 2.27. The summed E-state index contributed by atoms with van der Waals surface area (Å²) in [6.07, 6.45) is -0.378. The van der Waals surface area contributed by atoms with E-state index in [1.165, 1.54) is 7.11 Å². The smallest absolute Gasteiger partial charge is 0.409 e. The number of benzene rings is 1. The van der Waals surface area contributed by atoms with E-state index in [2.05, 4.69) is 4.74 Å². The van der Waals surface area contributed by atoms with Crippen molar-refractivity contribution in [2.24, 2.45) is 0 Å². The second-order valence-corrected chi connectivity index (χ2v) is 5.54. The van der Waals surface area contributed by atoms with Gasteiger partial charge in [-0.2, -0.15) is 0 Å². The number of ether oxygens (including phenoxy) is 2. The number of carbonyl (C=O) groups is 2. The van der Waals surface area contributed by atoms with Crippen LogP contribution < -0.4 is 4.74 Å². The number of halogens is 2. The van der Waals surface area contributed by atoms with E-state index >= 15 is 0 Å². The van der Waals surface area contributed by atoms with Crippen molar-refractivity contribution < 1.29 is 19.1 Å². The van der Waals surface area contributed by atoms with Crippen LogP contribution in [0.4, 0.5) is 4.79 Å². The summed E-state index contributed by atoms with van der Waals surface area (Å²) < 4.78 is 10.1. The van der Waals surface area contributed by atoms with Gasteiger partial charge in [0.05, 0.1) is 12.1 Å². The maximum Gasteiger partial charge on any atom is 0.409 e. The highest BCUT2D eigenvalue weighted by atomic mass is 35.5. The molecule has 6 nitrogen and oxygen atoms in total. The second-order valence-electron chi connectivity index (χ2n) is 4.70. The average molecular weight is 347 g/mol. The van der Waals surface area contributed by atoms with Crippen LogP contribution in [0.25, 0.3) is 0 Å². The molecule has 1 saturated heterocycles. The molecule has 1 heterocycles. The lowest BCUT2D eigenvalue weighted by atomic mass is 10.3. The zero-order valence-corrected chi connectivity index (χ0v) is 13.6. The van der Waals surface area contributed by atoms with Crippen molar-refractivity contribution in [1.82, 2.24) is 9.80 Å². The third kappa shape index (κ3) is 4.18. The summed E-state index contributed by atoms with van der Waals surface area (Å²) >= 11 is 11.8. The Balaban J connectivity index is 1.82. The van der Waals surface area contributed by atoms with Crippen molar-refractivity contribution >= 4 is 35.2 Å². The van der Waals surface area contributed by atoms with Crippen LogP contribution >= 0.6 is 23.2 Å². The van der Waals surface area contributed by atoms with Gasteiger partial charge in [0.15, 0.2) is 6.61 Å². The van der Waals surface area contributed by atoms with Crippen molar-refractivity contribution in [3.63, 3.8) is 0 Å². The SMILES string of the molecule is COC(=O)N1CCN(C(=O)COc2ccc(Cl)cc2Cl)CC1. The summed E-state index contributed by atoms with van der Waals surface area (Å²) in [7, 11) is 1.34. The molecule has 2 rings (SSSR count). The van der Waals surface area contributed by atoms with Crippen LogP contribution in [-0.4, -0.2) is 61.7 Å². The Morgan fingerprint density at radius 3 is 2.36 bits per heavy atom. The molecule has 1 aromatic carbocycles. The normalized spacial score (nSPS) is 14.7. The fourth-order valence-electron chi connectivity index (χ4n) is 2.09. The van der Waals surface area contributed by atoms with Crippen molar-refractivity contribution in [1.29, 1.82) is 0 Å². The lowest BCUT2D eigenvalue weighted by Crippen LogP contribution is -2.51. The van der Waals surface area contributed by atoms with Crippen molar-refractivity contribution in [3.8, 4) is 5.75 Å². The van der Waals surface area contributed by atoms with E-state index in [1.807, 2.05) is 0 Å².